The van der Waals surface area contributed by atoms with E-state index in [0.29, 0.717) is 0 Å². The number of fused-ring (bicyclic) bond motifs is 1. The second kappa shape index (κ2) is 4.19. The number of aromatic nitrogens is 3. The Labute approximate surface area is 112 Å². The second-order valence-electron chi connectivity index (χ2n) is 5.78. The summed E-state index contributed by atoms with van der Waals surface area (Å²) in [6, 6.07) is 12.3. The summed E-state index contributed by atoms with van der Waals surface area (Å²) in [7, 11) is 0. The molecule has 2 heterocycles. The molecule has 0 spiro atoms. The Bertz CT molecular complexity index is 720. The van der Waals surface area contributed by atoms with Crippen molar-refractivity contribution in [3.8, 4) is 5.69 Å². The van der Waals surface area contributed by atoms with Crippen molar-refractivity contribution in [3.05, 3.63) is 54.5 Å². The lowest BCUT2D eigenvalue weighted by molar-refractivity contribution is 0.560. The van der Waals surface area contributed by atoms with E-state index in [1.807, 2.05) is 23.1 Å². The summed E-state index contributed by atoms with van der Waals surface area (Å²) in [5, 5.41) is 5.80. The van der Waals surface area contributed by atoms with E-state index in [0.717, 1.165) is 22.3 Å². The van der Waals surface area contributed by atoms with Gasteiger partial charge in [0.05, 0.1) is 16.9 Å². The average molecular weight is 251 g/mol. The fourth-order valence-electron chi connectivity index (χ4n) is 2.07. The first-order valence-corrected chi connectivity index (χ1v) is 6.45. The largest absolute Gasteiger partial charge is 0.256 e. The predicted molar refractivity (Wildman–Crippen MR) is 77.6 cm³/mol. The van der Waals surface area contributed by atoms with Crippen molar-refractivity contribution in [2.45, 2.75) is 26.2 Å². The molecule has 0 N–H and O–H groups in total. The molecule has 2 aromatic heterocycles. The van der Waals surface area contributed by atoms with Crippen molar-refractivity contribution in [1.29, 1.82) is 0 Å². The van der Waals surface area contributed by atoms with Crippen LogP contribution in [0.5, 0.6) is 0 Å². The molecule has 3 nitrogen and oxygen atoms in total. The van der Waals surface area contributed by atoms with Crippen molar-refractivity contribution in [2.75, 3.05) is 0 Å². The Morgan fingerprint density at radius 3 is 2.63 bits per heavy atom. The molecule has 0 radical (unpaired) electrons. The molecule has 0 saturated carbocycles. The van der Waals surface area contributed by atoms with Crippen LogP contribution in [0.15, 0.2) is 48.8 Å². The second-order valence-corrected chi connectivity index (χ2v) is 5.78. The van der Waals surface area contributed by atoms with Gasteiger partial charge in [-0.15, -0.1) is 0 Å². The highest BCUT2D eigenvalue weighted by atomic mass is 15.3. The summed E-state index contributed by atoms with van der Waals surface area (Å²) >= 11 is 0. The quantitative estimate of drug-likeness (QED) is 0.660. The van der Waals surface area contributed by atoms with Crippen LogP contribution in [0.25, 0.3) is 16.6 Å². The molecular weight excluding hydrogens is 234 g/mol. The highest BCUT2D eigenvalue weighted by Gasteiger charge is 2.17. The Hall–Kier alpha value is -2.16. The zero-order valence-electron chi connectivity index (χ0n) is 11.5. The summed E-state index contributed by atoms with van der Waals surface area (Å²) in [6.07, 6.45) is 3.82. The molecule has 0 saturated heterocycles. The molecule has 0 atom stereocenters. The molecule has 19 heavy (non-hydrogen) atoms. The van der Waals surface area contributed by atoms with E-state index in [9.17, 15) is 0 Å². The van der Waals surface area contributed by atoms with Crippen molar-refractivity contribution in [1.82, 2.24) is 14.8 Å². The number of hydrogen-bond donors (Lipinski definition) is 0. The number of hydrogen-bond acceptors (Lipinski definition) is 2. The number of rotatable bonds is 1. The van der Waals surface area contributed by atoms with Gasteiger partial charge < -0.3 is 0 Å². The molecule has 0 unspecified atom stereocenters. The minimum Gasteiger partial charge on any atom is -0.256 e. The third kappa shape index (κ3) is 2.24. The molecule has 0 aliphatic rings. The van der Waals surface area contributed by atoms with E-state index in [2.05, 4.69) is 61.2 Å². The van der Waals surface area contributed by atoms with Gasteiger partial charge >= 0.3 is 0 Å². The number of nitrogens with zero attached hydrogens (tertiary/aromatic N) is 3. The minimum absolute atomic E-state index is 0.0698. The lowest BCUT2D eigenvalue weighted by Crippen LogP contribution is -2.12. The van der Waals surface area contributed by atoms with Gasteiger partial charge in [-0.05, 0) is 24.3 Å². The van der Waals surface area contributed by atoms with Gasteiger partial charge in [0.15, 0.2) is 0 Å². The van der Waals surface area contributed by atoms with Crippen LogP contribution in [0.4, 0.5) is 0 Å². The molecule has 0 amide bonds. The van der Waals surface area contributed by atoms with Crippen LogP contribution in [-0.4, -0.2) is 14.8 Å². The van der Waals surface area contributed by atoms with Crippen molar-refractivity contribution in [3.63, 3.8) is 0 Å². The van der Waals surface area contributed by atoms with Crippen LogP contribution in [0.1, 0.15) is 26.5 Å². The van der Waals surface area contributed by atoms with Crippen molar-refractivity contribution < 1.29 is 0 Å². The zero-order valence-corrected chi connectivity index (χ0v) is 11.5. The van der Waals surface area contributed by atoms with E-state index in [1.165, 1.54) is 0 Å². The maximum atomic E-state index is 4.65. The lowest BCUT2D eigenvalue weighted by Gasteiger charge is -2.14. The molecule has 1 aromatic carbocycles. The third-order valence-electron chi connectivity index (χ3n) is 3.21. The maximum absolute atomic E-state index is 4.65. The zero-order chi connectivity index (χ0) is 13.5. The molecule has 3 heteroatoms. The van der Waals surface area contributed by atoms with E-state index in [-0.39, 0.29) is 5.41 Å². The van der Waals surface area contributed by atoms with Gasteiger partial charge in [0.25, 0.3) is 0 Å². The van der Waals surface area contributed by atoms with E-state index in [4.69, 9.17) is 0 Å². The van der Waals surface area contributed by atoms with Crippen molar-refractivity contribution in [2.24, 2.45) is 0 Å². The van der Waals surface area contributed by atoms with Crippen LogP contribution in [0.2, 0.25) is 0 Å². The molecule has 0 fully saturated rings. The van der Waals surface area contributed by atoms with Gasteiger partial charge in [0.1, 0.15) is 0 Å². The lowest BCUT2D eigenvalue weighted by atomic mass is 9.93. The van der Waals surface area contributed by atoms with Crippen LogP contribution >= 0.6 is 0 Å². The summed E-state index contributed by atoms with van der Waals surface area (Å²) in [5.74, 6) is 0. The van der Waals surface area contributed by atoms with Crippen LogP contribution in [0, 0.1) is 0 Å². The molecule has 0 aliphatic heterocycles. The smallest absolute Gasteiger partial charge is 0.0723 e. The first kappa shape index (κ1) is 11.9. The van der Waals surface area contributed by atoms with Crippen LogP contribution < -0.4 is 0 Å². The molecule has 3 rings (SSSR count). The molecule has 96 valence electrons. The average Bonchev–Trinajstić information content (AvgIpc) is 2.87. The topological polar surface area (TPSA) is 30.7 Å². The molecule has 0 aliphatic carbocycles. The summed E-state index contributed by atoms with van der Waals surface area (Å²) in [5.41, 5.74) is 3.20. The fraction of sp³-hybridized carbons (Fsp3) is 0.250. The third-order valence-corrected chi connectivity index (χ3v) is 3.21. The number of benzene rings is 1. The summed E-state index contributed by atoms with van der Waals surface area (Å²) in [4.78, 5) is 4.38. The first-order chi connectivity index (χ1) is 9.04. The predicted octanol–water partition coefficient (Wildman–Crippen LogP) is 3.72. The van der Waals surface area contributed by atoms with Crippen molar-refractivity contribution >= 4 is 10.9 Å². The fourth-order valence-corrected chi connectivity index (χ4v) is 2.07. The van der Waals surface area contributed by atoms with Gasteiger partial charge in [-0.1, -0.05) is 32.9 Å². The van der Waals surface area contributed by atoms with Crippen LogP contribution in [-0.2, 0) is 5.41 Å². The SMILES string of the molecule is CC(C)(C)c1ccn(-c2ccc3cccnc3c2)n1. The Kier molecular flexibility index (Phi) is 2.63. The maximum Gasteiger partial charge on any atom is 0.0723 e. The minimum atomic E-state index is 0.0698. The van der Waals surface area contributed by atoms with Gasteiger partial charge in [-0.3, -0.25) is 4.98 Å². The van der Waals surface area contributed by atoms with Crippen LogP contribution in [0.3, 0.4) is 0 Å². The Balaban J connectivity index is 2.07. The Morgan fingerprint density at radius 1 is 1.05 bits per heavy atom. The number of pyridine rings is 1. The highest BCUT2D eigenvalue weighted by molar-refractivity contribution is 5.80. The summed E-state index contributed by atoms with van der Waals surface area (Å²) < 4.78 is 1.91. The van der Waals surface area contributed by atoms with E-state index >= 15 is 0 Å². The normalized spacial score (nSPS) is 11.9. The highest BCUT2D eigenvalue weighted by Crippen LogP contribution is 2.22. The van der Waals surface area contributed by atoms with Gasteiger partial charge in [-0.2, -0.15) is 5.10 Å². The van der Waals surface area contributed by atoms with Gasteiger partial charge in [-0.25, -0.2) is 4.68 Å². The summed E-state index contributed by atoms with van der Waals surface area (Å²) in [6.45, 7) is 6.50. The molecule has 3 aromatic rings. The van der Waals surface area contributed by atoms with E-state index in [1.54, 1.807) is 0 Å². The Morgan fingerprint density at radius 2 is 1.89 bits per heavy atom. The first-order valence-electron chi connectivity index (χ1n) is 6.45. The van der Waals surface area contributed by atoms with E-state index < -0.39 is 0 Å². The molecule has 0 bridgehead atoms. The molecular formula is C16H17N3. The van der Waals surface area contributed by atoms with Gasteiger partial charge in [0.2, 0.25) is 0 Å². The van der Waals surface area contributed by atoms with Gasteiger partial charge in [0, 0.05) is 23.2 Å². The monoisotopic (exact) mass is 251 g/mol. The standard InChI is InChI=1S/C16H17N3/c1-16(2,3)15-8-10-19(18-15)13-7-6-12-5-4-9-17-14(12)11-13/h4-11H,1-3H3.